The fourth-order valence-electron chi connectivity index (χ4n) is 2.53. The molecule has 0 fully saturated rings. The van der Waals surface area contributed by atoms with Gasteiger partial charge in [0.1, 0.15) is 5.58 Å². The van der Waals surface area contributed by atoms with Gasteiger partial charge in [-0.05, 0) is 45.2 Å². The summed E-state index contributed by atoms with van der Waals surface area (Å²) < 4.78 is 5.85. The number of benzene rings is 1. The van der Waals surface area contributed by atoms with E-state index in [0.29, 0.717) is 18.7 Å². The second-order valence-electron chi connectivity index (χ2n) is 5.82. The highest BCUT2D eigenvalue weighted by Crippen LogP contribution is 2.31. The van der Waals surface area contributed by atoms with Crippen LogP contribution < -0.4 is 0 Å². The van der Waals surface area contributed by atoms with Gasteiger partial charge in [0, 0.05) is 24.5 Å². The van der Waals surface area contributed by atoms with Crippen LogP contribution in [0.1, 0.15) is 40.6 Å². The van der Waals surface area contributed by atoms with Crippen molar-refractivity contribution in [3.63, 3.8) is 0 Å². The van der Waals surface area contributed by atoms with Gasteiger partial charge in [0.25, 0.3) is 5.91 Å². The lowest BCUT2D eigenvalue weighted by Gasteiger charge is -2.16. The van der Waals surface area contributed by atoms with Crippen LogP contribution in [0.2, 0.25) is 0 Å². The van der Waals surface area contributed by atoms with Gasteiger partial charge < -0.3 is 14.4 Å². The molecule has 0 spiro atoms. The molecular formula is C17H23NO3. The van der Waals surface area contributed by atoms with Gasteiger partial charge in [0.15, 0.2) is 5.76 Å². The van der Waals surface area contributed by atoms with E-state index in [1.807, 2.05) is 32.9 Å². The molecule has 0 aliphatic rings. The molecule has 0 bridgehead atoms. The maximum absolute atomic E-state index is 12.5. The molecule has 0 saturated heterocycles. The molecule has 1 N–H and O–H groups in total. The Hall–Kier alpha value is -1.81. The molecular weight excluding hydrogens is 266 g/mol. The predicted octanol–water partition coefficient (Wildman–Crippen LogP) is 3.20. The van der Waals surface area contributed by atoms with Crippen LogP contribution in [0.15, 0.2) is 16.5 Å². The van der Waals surface area contributed by atoms with Crippen LogP contribution in [0.5, 0.6) is 0 Å². The van der Waals surface area contributed by atoms with E-state index >= 15 is 0 Å². The number of hydrogen-bond donors (Lipinski definition) is 1. The summed E-state index contributed by atoms with van der Waals surface area (Å²) >= 11 is 0. The average molecular weight is 289 g/mol. The number of carbonyl (C=O) groups is 1. The molecule has 2 rings (SSSR count). The molecule has 1 aromatic heterocycles. The molecule has 1 aromatic carbocycles. The first kappa shape index (κ1) is 15.6. The van der Waals surface area contributed by atoms with Gasteiger partial charge >= 0.3 is 0 Å². The molecule has 1 unspecified atom stereocenters. The molecule has 1 heterocycles. The number of rotatable bonds is 4. The Labute approximate surface area is 125 Å². The van der Waals surface area contributed by atoms with Crippen molar-refractivity contribution in [3.8, 4) is 0 Å². The molecule has 0 aliphatic carbocycles. The Morgan fingerprint density at radius 3 is 2.48 bits per heavy atom. The number of aliphatic hydroxyl groups is 1. The third-order valence-electron chi connectivity index (χ3n) is 3.91. The zero-order valence-corrected chi connectivity index (χ0v) is 13.4. The highest BCUT2D eigenvalue weighted by Gasteiger charge is 2.22. The van der Waals surface area contributed by atoms with Crippen LogP contribution in [0, 0.1) is 20.8 Å². The first-order valence-corrected chi connectivity index (χ1v) is 7.25. The van der Waals surface area contributed by atoms with Crippen LogP contribution in [-0.2, 0) is 0 Å². The molecule has 114 valence electrons. The van der Waals surface area contributed by atoms with Crippen molar-refractivity contribution in [2.24, 2.45) is 0 Å². The van der Waals surface area contributed by atoms with E-state index < -0.39 is 6.10 Å². The van der Waals surface area contributed by atoms with Crippen LogP contribution in [0.4, 0.5) is 0 Å². The first-order valence-electron chi connectivity index (χ1n) is 7.25. The van der Waals surface area contributed by atoms with Gasteiger partial charge in [-0.3, -0.25) is 4.79 Å². The summed E-state index contributed by atoms with van der Waals surface area (Å²) in [4.78, 5) is 14.1. The number of fused-ring (bicyclic) bond motifs is 1. The highest BCUT2D eigenvalue weighted by molar-refractivity contribution is 6.00. The summed E-state index contributed by atoms with van der Waals surface area (Å²) in [5.41, 5.74) is 3.83. The summed E-state index contributed by atoms with van der Waals surface area (Å²) in [6.45, 7) is 8.16. The number of hydrogen-bond acceptors (Lipinski definition) is 3. The number of nitrogens with zero attached hydrogens (tertiary/aromatic N) is 1. The lowest BCUT2D eigenvalue weighted by Crippen LogP contribution is -2.29. The molecule has 0 aliphatic heterocycles. The van der Waals surface area contributed by atoms with E-state index in [9.17, 15) is 9.90 Å². The summed E-state index contributed by atoms with van der Waals surface area (Å²) in [7, 11) is 1.73. The lowest BCUT2D eigenvalue weighted by atomic mass is 10.0. The van der Waals surface area contributed by atoms with E-state index in [4.69, 9.17) is 4.42 Å². The van der Waals surface area contributed by atoms with Crippen molar-refractivity contribution >= 4 is 16.9 Å². The second-order valence-corrected chi connectivity index (χ2v) is 5.82. The topological polar surface area (TPSA) is 53.7 Å². The van der Waals surface area contributed by atoms with Crippen molar-refractivity contribution in [2.75, 3.05) is 13.6 Å². The number of carbonyl (C=O) groups excluding carboxylic acids is 1. The molecule has 4 nitrogen and oxygen atoms in total. The van der Waals surface area contributed by atoms with Gasteiger partial charge in [-0.25, -0.2) is 0 Å². The zero-order valence-electron chi connectivity index (χ0n) is 13.4. The minimum absolute atomic E-state index is 0.136. The van der Waals surface area contributed by atoms with E-state index in [1.54, 1.807) is 18.9 Å². The average Bonchev–Trinajstić information content (AvgIpc) is 2.78. The number of amides is 1. The van der Waals surface area contributed by atoms with Gasteiger partial charge in [0.05, 0.1) is 6.10 Å². The largest absolute Gasteiger partial charge is 0.450 e. The van der Waals surface area contributed by atoms with Crippen LogP contribution in [0.25, 0.3) is 11.0 Å². The summed E-state index contributed by atoms with van der Waals surface area (Å²) in [6.07, 6.45) is 0.140. The van der Waals surface area contributed by atoms with Crippen molar-refractivity contribution < 1.29 is 14.3 Å². The van der Waals surface area contributed by atoms with Crippen molar-refractivity contribution in [1.29, 1.82) is 0 Å². The monoisotopic (exact) mass is 289 g/mol. The van der Waals surface area contributed by atoms with Gasteiger partial charge in [-0.1, -0.05) is 12.1 Å². The van der Waals surface area contributed by atoms with Crippen LogP contribution in [0.3, 0.4) is 0 Å². The van der Waals surface area contributed by atoms with Crippen molar-refractivity contribution in [1.82, 2.24) is 4.90 Å². The van der Waals surface area contributed by atoms with Crippen LogP contribution in [-0.4, -0.2) is 35.6 Å². The predicted molar refractivity (Wildman–Crippen MR) is 83.7 cm³/mol. The van der Waals surface area contributed by atoms with Crippen molar-refractivity contribution in [3.05, 3.63) is 34.6 Å². The SMILES string of the molecule is Cc1ccc(C)c2c(C)c(C(=O)N(C)CCC(C)O)oc12. The Morgan fingerprint density at radius 1 is 1.29 bits per heavy atom. The van der Waals surface area contributed by atoms with E-state index in [2.05, 4.69) is 0 Å². The van der Waals surface area contributed by atoms with Gasteiger partial charge in [-0.15, -0.1) is 0 Å². The first-order chi connectivity index (χ1) is 9.82. The third kappa shape index (κ3) is 2.95. The lowest BCUT2D eigenvalue weighted by molar-refractivity contribution is 0.0739. The molecule has 0 saturated carbocycles. The standard InChI is InChI=1S/C17H23NO3/c1-10-6-7-11(2)15-14(10)13(4)16(21-15)17(20)18(5)9-8-12(3)19/h6-7,12,19H,8-9H2,1-5H3. The van der Waals surface area contributed by atoms with Crippen LogP contribution >= 0.6 is 0 Å². The number of furan rings is 1. The number of aliphatic hydroxyl groups excluding tert-OH is 1. The highest BCUT2D eigenvalue weighted by atomic mass is 16.3. The maximum Gasteiger partial charge on any atom is 0.289 e. The maximum atomic E-state index is 12.5. The normalized spacial score (nSPS) is 12.7. The molecule has 4 heteroatoms. The number of aryl methyl sites for hydroxylation is 3. The second kappa shape index (κ2) is 5.90. The molecule has 21 heavy (non-hydrogen) atoms. The quantitative estimate of drug-likeness (QED) is 0.940. The summed E-state index contributed by atoms with van der Waals surface area (Å²) in [6, 6.07) is 4.05. The molecule has 2 aromatic rings. The molecule has 1 atom stereocenters. The van der Waals surface area contributed by atoms with Gasteiger partial charge in [0.2, 0.25) is 0 Å². The fraction of sp³-hybridized carbons (Fsp3) is 0.471. The minimum atomic E-state index is -0.415. The van der Waals surface area contributed by atoms with E-state index in [-0.39, 0.29) is 5.91 Å². The van der Waals surface area contributed by atoms with Gasteiger partial charge in [-0.2, -0.15) is 0 Å². The summed E-state index contributed by atoms with van der Waals surface area (Å²) in [5, 5.41) is 10.4. The summed E-state index contributed by atoms with van der Waals surface area (Å²) in [5.74, 6) is 0.263. The third-order valence-corrected chi connectivity index (χ3v) is 3.91. The van der Waals surface area contributed by atoms with Crippen molar-refractivity contribution in [2.45, 2.75) is 40.2 Å². The minimum Gasteiger partial charge on any atom is -0.450 e. The Kier molecular flexibility index (Phi) is 4.37. The Balaban J connectivity index is 2.38. The van der Waals surface area contributed by atoms with E-state index in [1.165, 1.54) is 0 Å². The molecule has 0 radical (unpaired) electrons. The zero-order chi connectivity index (χ0) is 15.7. The smallest absolute Gasteiger partial charge is 0.289 e. The Bertz CT molecular complexity index is 670. The fourth-order valence-corrected chi connectivity index (χ4v) is 2.53. The molecule has 1 amide bonds. The van der Waals surface area contributed by atoms with E-state index in [0.717, 1.165) is 27.7 Å². The Morgan fingerprint density at radius 2 is 1.90 bits per heavy atom.